The molecule has 1 saturated heterocycles. The van der Waals surface area contributed by atoms with Crippen LogP contribution in [0.3, 0.4) is 0 Å². The number of nitrogens with zero attached hydrogens (tertiary/aromatic N) is 1. The maximum Gasteiger partial charge on any atom is 0.253 e. The van der Waals surface area contributed by atoms with Crippen LogP contribution in [0.4, 0.5) is 0 Å². The fourth-order valence-corrected chi connectivity index (χ4v) is 2.60. The van der Waals surface area contributed by atoms with Crippen molar-refractivity contribution in [3.63, 3.8) is 0 Å². The minimum absolute atomic E-state index is 0.00289. The first kappa shape index (κ1) is 13.3. The molecule has 0 aliphatic carbocycles. The molecule has 0 spiro atoms. The van der Waals surface area contributed by atoms with E-state index in [4.69, 9.17) is 0 Å². The van der Waals surface area contributed by atoms with Gasteiger partial charge in [-0.2, -0.15) is 0 Å². The molecule has 0 bridgehead atoms. The van der Waals surface area contributed by atoms with Gasteiger partial charge in [-0.1, -0.05) is 35.8 Å². The Morgan fingerprint density at radius 3 is 2.72 bits per heavy atom. The van der Waals surface area contributed by atoms with Gasteiger partial charge in [-0.15, -0.1) is 0 Å². The number of carbonyl (C=O) groups is 2. The molecule has 0 aromatic heterocycles. The van der Waals surface area contributed by atoms with Crippen molar-refractivity contribution in [1.29, 1.82) is 0 Å². The van der Waals surface area contributed by atoms with Crippen molar-refractivity contribution in [2.24, 2.45) is 5.41 Å². The molecule has 1 aliphatic rings. The molecule has 4 heteroatoms. The zero-order chi connectivity index (χ0) is 13.3. The van der Waals surface area contributed by atoms with Crippen molar-refractivity contribution in [2.75, 3.05) is 13.1 Å². The van der Waals surface area contributed by atoms with E-state index in [1.165, 1.54) is 0 Å². The van der Waals surface area contributed by atoms with Gasteiger partial charge >= 0.3 is 0 Å². The van der Waals surface area contributed by atoms with E-state index in [1.54, 1.807) is 11.0 Å². The number of amides is 1. The normalized spacial score (nSPS) is 18.8. The van der Waals surface area contributed by atoms with Crippen molar-refractivity contribution in [3.8, 4) is 0 Å². The summed E-state index contributed by atoms with van der Waals surface area (Å²) in [6.07, 6.45) is 0.451. The van der Waals surface area contributed by atoms with Crippen LogP contribution in [-0.2, 0) is 4.79 Å². The van der Waals surface area contributed by atoms with Gasteiger partial charge in [0.15, 0.2) is 0 Å². The highest BCUT2D eigenvalue weighted by molar-refractivity contribution is 9.10. The van der Waals surface area contributed by atoms with Gasteiger partial charge in [-0.05, 0) is 18.2 Å². The van der Waals surface area contributed by atoms with Crippen molar-refractivity contribution in [2.45, 2.75) is 20.3 Å². The maximum atomic E-state index is 12.3. The fourth-order valence-electron chi connectivity index (χ4n) is 2.20. The lowest BCUT2D eigenvalue weighted by atomic mass is 9.82. The smallest absolute Gasteiger partial charge is 0.253 e. The van der Waals surface area contributed by atoms with Gasteiger partial charge in [0, 0.05) is 35.0 Å². The Kier molecular flexibility index (Phi) is 3.57. The number of Topliss-reactive ketones (excluding diaryl/α,β-unsaturated/α-hetero) is 1. The number of benzene rings is 1. The van der Waals surface area contributed by atoms with Gasteiger partial charge in [0.25, 0.3) is 5.91 Å². The van der Waals surface area contributed by atoms with Gasteiger partial charge in [0.1, 0.15) is 5.78 Å². The average Bonchev–Trinajstić information content (AvgIpc) is 2.31. The van der Waals surface area contributed by atoms with E-state index in [2.05, 4.69) is 15.9 Å². The zero-order valence-electron chi connectivity index (χ0n) is 10.6. The Hall–Kier alpha value is -1.16. The van der Waals surface area contributed by atoms with Crippen LogP contribution >= 0.6 is 15.9 Å². The number of likely N-dealkylation sites (tertiary alicyclic amines) is 1. The second-order valence-electron chi connectivity index (χ2n) is 5.29. The molecule has 1 aliphatic heterocycles. The fraction of sp³-hybridized carbons (Fsp3) is 0.429. The SMILES string of the molecule is CC1(C)CN(C(=O)c2cccc(Br)c2)CCC1=O. The first-order valence-corrected chi connectivity index (χ1v) is 6.77. The third-order valence-electron chi connectivity index (χ3n) is 3.31. The Morgan fingerprint density at radius 1 is 1.39 bits per heavy atom. The lowest BCUT2D eigenvalue weighted by Gasteiger charge is -2.36. The second-order valence-corrected chi connectivity index (χ2v) is 6.21. The molecular formula is C14H16BrNO2. The number of hydrogen-bond donors (Lipinski definition) is 0. The highest BCUT2D eigenvalue weighted by atomic mass is 79.9. The molecule has 1 amide bonds. The molecule has 18 heavy (non-hydrogen) atoms. The van der Waals surface area contributed by atoms with Crippen LogP contribution < -0.4 is 0 Å². The summed E-state index contributed by atoms with van der Waals surface area (Å²) in [6.45, 7) is 4.82. The molecule has 1 aromatic rings. The summed E-state index contributed by atoms with van der Waals surface area (Å²) in [4.78, 5) is 25.8. The molecule has 0 N–H and O–H groups in total. The summed E-state index contributed by atoms with van der Waals surface area (Å²) >= 11 is 3.36. The number of carbonyl (C=O) groups excluding carboxylic acids is 2. The van der Waals surface area contributed by atoms with E-state index in [0.717, 1.165) is 4.47 Å². The van der Waals surface area contributed by atoms with Crippen LogP contribution in [0.25, 0.3) is 0 Å². The van der Waals surface area contributed by atoms with Crippen LogP contribution in [0.15, 0.2) is 28.7 Å². The van der Waals surface area contributed by atoms with E-state index in [-0.39, 0.29) is 11.7 Å². The molecule has 1 fully saturated rings. The maximum absolute atomic E-state index is 12.3. The minimum atomic E-state index is -0.431. The average molecular weight is 310 g/mol. The molecule has 1 aromatic carbocycles. The summed E-state index contributed by atoms with van der Waals surface area (Å²) in [7, 11) is 0. The minimum Gasteiger partial charge on any atom is -0.337 e. The first-order chi connectivity index (χ1) is 8.40. The third-order valence-corrected chi connectivity index (χ3v) is 3.80. The van der Waals surface area contributed by atoms with E-state index in [1.807, 2.05) is 32.0 Å². The van der Waals surface area contributed by atoms with Gasteiger partial charge < -0.3 is 4.90 Å². The molecule has 0 radical (unpaired) electrons. The molecule has 0 unspecified atom stereocenters. The second kappa shape index (κ2) is 4.84. The predicted octanol–water partition coefficient (Wildman–Crippen LogP) is 2.89. The van der Waals surface area contributed by atoms with Crippen molar-refractivity contribution < 1.29 is 9.59 Å². The Balaban J connectivity index is 2.18. The highest BCUT2D eigenvalue weighted by Crippen LogP contribution is 2.26. The lowest BCUT2D eigenvalue weighted by molar-refractivity contribution is -0.130. The van der Waals surface area contributed by atoms with Crippen LogP contribution in [0.5, 0.6) is 0 Å². The molecule has 1 heterocycles. The number of rotatable bonds is 1. The van der Waals surface area contributed by atoms with Gasteiger partial charge in [-0.3, -0.25) is 9.59 Å². The Bertz CT molecular complexity index is 496. The summed E-state index contributed by atoms with van der Waals surface area (Å²) in [6, 6.07) is 7.35. The molecule has 0 saturated carbocycles. The topological polar surface area (TPSA) is 37.4 Å². The van der Waals surface area contributed by atoms with Crippen LogP contribution in [0.2, 0.25) is 0 Å². The predicted molar refractivity (Wildman–Crippen MR) is 73.5 cm³/mol. The van der Waals surface area contributed by atoms with Gasteiger partial charge in [0.05, 0.1) is 0 Å². The number of hydrogen-bond acceptors (Lipinski definition) is 2. The summed E-state index contributed by atoms with van der Waals surface area (Å²) in [5.74, 6) is 0.234. The lowest BCUT2D eigenvalue weighted by Crippen LogP contribution is -2.48. The summed E-state index contributed by atoms with van der Waals surface area (Å²) in [5.41, 5.74) is 0.231. The monoisotopic (exact) mass is 309 g/mol. The quantitative estimate of drug-likeness (QED) is 0.800. The van der Waals surface area contributed by atoms with E-state index in [9.17, 15) is 9.59 Å². The van der Waals surface area contributed by atoms with E-state index < -0.39 is 5.41 Å². The van der Waals surface area contributed by atoms with Gasteiger partial charge in [-0.25, -0.2) is 0 Å². The zero-order valence-corrected chi connectivity index (χ0v) is 12.2. The van der Waals surface area contributed by atoms with Crippen molar-refractivity contribution in [1.82, 2.24) is 4.90 Å². The molecule has 2 rings (SSSR count). The van der Waals surface area contributed by atoms with Gasteiger partial charge in [0.2, 0.25) is 0 Å². The molecule has 3 nitrogen and oxygen atoms in total. The van der Waals surface area contributed by atoms with E-state index >= 15 is 0 Å². The highest BCUT2D eigenvalue weighted by Gasteiger charge is 2.36. The molecule has 96 valence electrons. The number of halogens is 1. The summed E-state index contributed by atoms with van der Waals surface area (Å²) < 4.78 is 0.890. The number of ketones is 1. The standard InChI is InChI=1S/C14H16BrNO2/c1-14(2)9-16(7-6-12(14)17)13(18)10-4-3-5-11(15)8-10/h3-5,8H,6-7,9H2,1-2H3. The largest absolute Gasteiger partial charge is 0.337 e. The van der Waals surface area contributed by atoms with Crippen molar-refractivity contribution in [3.05, 3.63) is 34.3 Å². The Morgan fingerprint density at radius 2 is 2.11 bits per heavy atom. The first-order valence-electron chi connectivity index (χ1n) is 5.98. The molecule has 0 atom stereocenters. The Labute approximate surface area is 115 Å². The van der Waals surface area contributed by atoms with Crippen LogP contribution in [0.1, 0.15) is 30.6 Å². The van der Waals surface area contributed by atoms with Crippen LogP contribution in [0, 0.1) is 5.41 Å². The third kappa shape index (κ3) is 2.64. The van der Waals surface area contributed by atoms with E-state index in [0.29, 0.717) is 25.1 Å². The number of piperidine rings is 1. The van der Waals surface area contributed by atoms with Crippen LogP contribution in [-0.4, -0.2) is 29.7 Å². The summed E-state index contributed by atoms with van der Waals surface area (Å²) in [5, 5.41) is 0. The molecular weight excluding hydrogens is 294 g/mol. The van der Waals surface area contributed by atoms with Crippen molar-refractivity contribution >= 4 is 27.6 Å².